The molecule has 0 aliphatic rings. The molecule has 6 heteroatoms. The van der Waals surface area contributed by atoms with Crippen LogP contribution in [0.2, 0.25) is 10.0 Å². The minimum absolute atomic E-state index is 0.169. The zero-order valence-corrected chi connectivity index (χ0v) is 12.0. The van der Waals surface area contributed by atoms with Crippen LogP contribution in [0.3, 0.4) is 0 Å². The van der Waals surface area contributed by atoms with E-state index in [2.05, 4.69) is 10.5 Å². The predicted octanol–water partition coefficient (Wildman–Crippen LogP) is 3.78. The first-order valence-electron chi connectivity index (χ1n) is 5.64. The number of benzene rings is 1. The summed E-state index contributed by atoms with van der Waals surface area (Å²) in [7, 11) is 0. The van der Waals surface area contributed by atoms with Crippen LogP contribution in [0.15, 0.2) is 22.7 Å². The van der Waals surface area contributed by atoms with E-state index in [9.17, 15) is 4.79 Å². The van der Waals surface area contributed by atoms with E-state index in [1.807, 2.05) is 0 Å². The van der Waals surface area contributed by atoms with Crippen LogP contribution in [0.4, 0.5) is 5.69 Å². The Morgan fingerprint density at radius 1 is 1.32 bits per heavy atom. The molecule has 0 saturated carbocycles. The first kappa shape index (κ1) is 13.9. The van der Waals surface area contributed by atoms with E-state index < -0.39 is 0 Å². The van der Waals surface area contributed by atoms with Gasteiger partial charge in [0, 0.05) is 5.56 Å². The van der Waals surface area contributed by atoms with Gasteiger partial charge in [-0.3, -0.25) is 4.79 Å². The zero-order chi connectivity index (χ0) is 14.0. The average molecular weight is 299 g/mol. The smallest absolute Gasteiger partial charge is 0.229 e. The molecule has 4 nitrogen and oxygen atoms in total. The lowest BCUT2D eigenvalue weighted by Crippen LogP contribution is -2.15. The van der Waals surface area contributed by atoms with Crippen molar-refractivity contribution in [3.63, 3.8) is 0 Å². The number of anilines is 1. The normalized spacial score (nSPS) is 10.5. The Hall–Kier alpha value is -1.52. The third kappa shape index (κ3) is 3.08. The summed E-state index contributed by atoms with van der Waals surface area (Å²) >= 11 is 12.0. The summed E-state index contributed by atoms with van der Waals surface area (Å²) in [6.45, 7) is 3.56. The number of nitrogens with one attached hydrogen (secondary N) is 1. The van der Waals surface area contributed by atoms with Gasteiger partial charge in [0.15, 0.2) is 0 Å². The number of halogens is 2. The summed E-state index contributed by atoms with van der Waals surface area (Å²) < 4.78 is 5.01. The van der Waals surface area contributed by atoms with E-state index in [-0.39, 0.29) is 12.3 Å². The van der Waals surface area contributed by atoms with Crippen LogP contribution in [-0.2, 0) is 11.2 Å². The fourth-order valence-corrected chi connectivity index (χ4v) is 2.21. The number of aryl methyl sites for hydroxylation is 2. The molecule has 1 aromatic heterocycles. The first-order chi connectivity index (χ1) is 8.99. The highest BCUT2D eigenvalue weighted by atomic mass is 35.5. The summed E-state index contributed by atoms with van der Waals surface area (Å²) in [5.41, 5.74) is 1.90. The standard InChI is InChI=1S/C13H12Cl2N2O2/c1-7-9(8(2)19-17-7)6-12(18)16-13-10(14)4-3-5-11(13)15/h3-5H,6H2,1-2H3,(H,16,18). The Balaban J connectivity index is 2.14. The molecule has 0 aliphatic heterocycles. The van der Waals surface area contributed by atoms with Gasteiger partial charge in [0.25, 0.3) is 0 Å². The molecule has 1 heterocycles. The van der Waals surface area contributed by atoms with Crippen molar-refractivity contribution in [3.8, 4) is 0 Å². The van der Waals surface area contributed by atoms with Gasteiger partial charge >= 0.3 is 0 Å². The fourth-order valence-electron chi connectivity index (χ4n) is 1.72. The van der Waals surface area contributed by atoms with Gasteiger partial charge in [0.05, 0.1) is 27.8 Å². The number of amides is 1. The number of para-hydroxylation sites is 1. The second kappa shape index (κ2) is 5.63. The van der Waals surface area contributed by atoms with Gasteiger partial charge < -0.3 is 9.84 Å². The second-order valence-corrected chi connectivity index (χ2v) is 4.94. The summed E-state index contributed by atoms with van der Waals surface area (Å²) in [5.74, 6) is 0.419. The predicted molar refractivity (Wildman–Crippen MR) is 74.8 cm³/mol. The van der Waals surface area contributed by atoms with Crippen LogP contribution in [0.5, 0.6) is 0 Å². The van der Waals surface area contributed by atoms with Crippen molar-refractivity contribution in [3.05, 3.63) is 45.3 Å². The van der Waals surface area contributed by atoms with E-state index in [1.54, 1.807) is 32.0 Å². The highest BCUT2D eigenvalue weighted by Gasteiger charge is 2.15. The van der Waals surface area contributed by atoms with Gasteiger partial charge in [-0.2, -0.15) is 0 Å². The number of rotatable bonds is 3. The quantitative estimate of drug-likeness (QED) is 0.938. The molecule has 1 amide bonds. The van der Waals surface area contributed by atoms with Crippen molar-refractivity contribution in [2.45, 2.75) is 20.3 Å². The third-order valence-electron chi connectivity index (χ3n) is 2.75. The maximum absolute atomic E-state index is 12.0. The Morgan fingerprint density at radius 3 is 2.47 bits per heavy atom. The minimum atomic E-state index is -0.218. The monoisotopic (exact) mass is 298 g/mol. The van der Waals surface area contributed by atoms with Crippen LogP contribution >= 0.6 is 23.2 Å². The van der Waals surface area contributed by atoms with E-state index in [0.29, 0.717) is 27.2 Å². The van der Waals surface area contributed by atoms with Gasteiger partial charge in [-0.25, -0.2) is 0 Å². The minimum Gasteiger partial charge on any atom is -0.361 e. The third-order valence-corrected chi connectivity index (χ3v) is 3.38. The van der Waals surface area contributed by atoms with E-state index in [0.717, 1.165) is 5.56 Å². The van der Waals surface area contributed by atoms with Gasteiger partial charge in [-0.15, -0.1) is 0 Å². The Morgan fingerprint density at radius 2 is 1.95 bits per heavy atom. The van der Waals surface area contributed by atoms with Gasteiger partial charge in [-0.1, -0.05) is 34.4 Å². The SMILES string of the molecule is Cc1noc(C)c1CC(=O)Nc1c(Cl)cccc1Cl. The Labute approximate surface area is 120 Å². The number of hydrogen-bond acceptors (Lipinski definition) is 3. The molecule has 0 fully saturated rings. The largest absolute Gasteiger partial charge is 0.361 e. The molecular formula is C13H12Cl2N2O2. The molecule has 1 N–H and O–H groups in total. The van der Waals surface area contributed by atoms with Crippen molar-refractivity contribution in [2.75, 3.05) is 5.32 Å². The van der Waals surface area contributed by atoms with Crippen LogP contribution in [0.1, 0.15) is 17.0 Å². The molecule has 1 aromatic carbocycles. The molecule has 2 rings (SSSR count). The lowest BCUT2D eigenvalue weighted by atomic mass is 10.1. The maximum Gasteiger partial charge on any atom is 0.229 e. The van der Waals surface area contributed by atoms with Gasteiger partial charge in [0.1, 0.15) is 5.76 Å². The first-order valence-corrected chi connectivity index (χ1v) is 6.40. The van der Waals surface area contributed by atoms with Crippen LogP contribution in [-0.4, -0.2) is 11.1 Å². The molecule has 0 atom stereocenters. The lowest BCUT2D eigenvalue weighted by Gasteiger charge is -2.08. The molecule has 0 unspecified atom stereocenters. The average Bonchev–Trinajstić information content (AvgIpc) is 2.66. The van der Waals surface area contributed by atoms with E-state index >= 15 is 0 Å². The molecule has 0 spiro atoms. The maximum atomic E-state index is 12.0. The summed E-state index contributed by atoms with van der Waals surface area (Å²) in [5, 5.41) is 7.31. The topological polar surface area (TPSA) is 55.1 Å². The zero-order valence-electron chi connectivity index (χ0n) is 10.5. The summed E-state index contributed by atoms with van der Waals surface area (Å²) in [6.07, 6.45) is 0.169. The molecular weight excluding hydrogens is 287 g/mol. The summed E-state index contributed by atoms with van der Waals surface area (Å²) in [4.78, 5) is 12.0. The molecule has 2 aromatic rings. The molecule has 0 bridgehead atoms. The molecule has 0 saturated heterocycles. The number of hydrogen-bond donors (Lipinski definition) is 1. The number of carbonyl (C=O) groups is 1. The highest BCUT2D eigenvalue weighted by molar-refractivity contribution is 6.39. The Bertz CT molecular complexity index is 583. The van der Waals surface area contributed by atoms with Crippen molar-refractivity contribution in [1.29, 1.82) is 0 Å². The second-order valence-electron chi connectivity index (χ2n) is 4.12. The molecule has 19 heavy (non-hydrogen) atoms. The Kier molecular flexibility index (Phi) is 4.12. The highest BCUT2D eigenvalue weighted by Crippen LogP contribution is 2.30. The van der Waals surface area contributed by atoms with Crippen molar-refractivity contribution in [1.82, 2.24) is 5.16 Å². The van der Waals surface area contributed by atoms with Crippen molar-refractivity contribution >= 4 is 34.8 Å². The van der Waals surface area contributed by atoms with Crippen molar-refractivity contribution in [2.24, 2.45) is 0 Å². The van der Waals surface area contributed by atoms with E-state index in [4.69, 9.17) is 27.7 Å². The molecule has 100 valence electrons. The molecule has 0 aliphatic carbocycles. The van der Waals surface area contributed by atoms with Crippen LogP contribution < -0.4 is 5.32 Å². The van der Waals surface area contributed by atoms with Gasteiger partial charge in [-0.05, 0) is 26.0 Å². The van der Waals surface area contributed by atoms with Crippen LogP contribution in [0, 0.1) is 13.8 Å². The summed E-state index contributed by atoms with van der Waals surface area (Å²) in [6, 6.07) is 5.05. The van der Waals surface area contributed by atoms with Crippen molar-refractivity contribution < 1.29 is 9.32 Å². The number of aromatic nitrogens is 1. The number of carbonyl (C=O) groups excluding carboxylic acids is 1. The van der Waals surface area contributed by atoms with Gasteiger partial charge in [0.2, 0.25) is 5.91 Å². The van der Waals surface area contributed by atoms with E-state index in [1.165, 1.54) is 0 Å². The fraction of sp³-hybridized carbons (Fsp3) is 0.231. The number of nitrogens with zero attached hydrogens (tertiary/aromatic N) is 1. The lowest BCUT2D eigenvalue weighted by molar-refractivity contribution is -0.115. The molecule has 0 radical (unpaired) electrons. The van der Waals surface area contributed by atoms with Crippen LogP contribution in [0.25, 0.3) is 0 Å².